The fourth-order valence-electron chi connectivity index (χ4n) is 2.13. The van der Waals surface area contributed by atoms with E-state index in [-0.39, 0.29) is 5.82 Å². The molecule has 102 valence electrons. The molecule has 3 nitrogen and oxygen atoms in total. The van der Waals surface area contributed by atoms with Gasteiger partial charge in [0.05, 0.1) is 5.69 Å². The van der Waals surface area contributed by atoms with Crippen molar-refractivity contribution in [2.24, 2.45) is 7.05 Å². The predicted octanol–water partition coefficient (Wildman–Crippen LogP) is 2.32. The molecule has 0 saturated carbocycles. The summed E-state index contributed by atoms with van der Waals surface area (Å²) >= 11 is 0. The van der Waals surface area contributed by atoms with E-state index in [1.54, 1.807) is 12.1 Å². The van der Waals surface area contributed by atoms with E-state index < -0.39 is 0 Å². The molecule has 0 fully saturated rings. The van der Waals surface area contributed by atoms with Crippen molar-refractivity contribution in [3.8, 4) is 0 Å². The predicted molar refractivity (Wildman–Crippen MR) is 74.5 cm³/mol. The highest BCUT2D eigenvalue weighted by atomic mass is 19.1. The third-order valence-electron chi connectivity index (χ3n) is 3.07. The third kappa shape index (κ3) is 4.48. The van der Waals surface area contributed by atoms with Gasteiger partial charge in [-0.3, -0.25) is 4.68 Å². The van der Waals surface area contributed by atoms with Crippen LogP contribution in [0.4, 0.5) is 4.39 Å². The van der Waals surface area contributed by atoms with E-state index in [1.165, 1.54) is 6.07 Å². The Morgan fingerprint density at radius 3 is 2.89 bits per heavy atom. The van der Waals surface area contributed by atoms with Crippen LogP contribution in [0.1, 0.15) is 18.2 Å². The zero-order valence-electron chi connectivity index (χ0n) is 11.4. The van der Waals surface area contributed by atoms with Gasteiger partial charge in [-0.15, -0.1) is 0 Å². The number of hydrogen-bond acceptors (Lipinski definition) is 2. The third-order valence-corrected chi connectivity index (χ3v) is 3.07. The Morgan fingerprint density at radius 2 is 2.21 bits per heavy atom. The molecule has 1 aromatic carbocycles. The van der Waals surface area contributed by atoms with Crippen LogP contribution in [-0.2, 0) is 19.9 Å². The lowest BCUT2D eigenvalue weighted by Gasteiger charge is -2.13. The molecule has 0 aliphatic heterocycles. The standard InChI is InChI=1S/C15H20FN3/c1-12(10-13-4-3-5-14(16)11-13)17-8-6-15-7-9-19(2)18-15/h3-5,7,9,11-12,17H,6,8,10H2,1-2H3. The number of aryl methyl sites for hydroxylation is 1. The molecule has 19 heavy (non-hydrogen) atoms. The van der Waals surface area contributed by atoms with E-state index in [2.05, 4.69) is 17.3 Å². The number of aromatic nitrogens is 2. The number of hydrogen-bond donors (Lipinski definition) is 1. The summed E-state index contributed by atoms with van der Waals surface area (Å²) in [4.78, 5) is 0. The van der Waals surface area contributed by atoms with Crippen LogP contribution < -0.4 is 5.32 Å². The first-order valence-corrected chi connectivity index (χ1v) is 6.60. The first-order chi connectivity index (χ1) is 9.13. The topological polar surface area (TPSA) is 29.9 Å². The zero-order chi connectivity index (χ0) is 13.7. The lowest BCUT2D eigenvalue weighted by atomic mass is 10.1. The van der Waals surface area contributed by atoms with Crippen LogP contribution in [0.15, 0.2) is 36.5 Å². The number of nitrogens with one attached hydrogen (secondary N) is 1. The van der Waals surface area contributed by atoms with E-state index in [4.69, 9.17) is 0 Å². The highest BCUT2D eigenvalue weighted by Gasteiger charge is 2.04. The number of nitrogens with zero attached hydrogens (tertiary/aromatic N) is 2. The average Bonchev–Trinajstić information content (AvgIpc) is 2.75. The van der Waals surface area contributed by atoms with Crippen LogP contribution in [0.3, 0.4) is 0 Å². The monoisotopic (exact) mass is 261 g/mol. The molecule has 1 N–H and O–H groups in total. The van der Waals surface area contributed by atoms with Crippen LogP contribution >= 0.6 is 0 Å². The summed E-state index contributed by atoms with van der Waals surface area (Å²) in [7, 11) is 1.92. The van der Waals surface area contributed by atoms with Gasteiger partial charge in [-0.05, 0) is 37.1 Å². The molecule has 0 bridgehead atoms. The minimum Gasteiger partial charge on any atom is -0.314 e. The van der Waals surface area contributed by atoms with Gasteiger partial charge in [-0.25, -0.2) is 4.39 Å². The maximum Gasteiger partial charge on any atom is 0.123 e. The highest BCUT2D eigenvalue weighted by molar-refractivity contribution is 5.17. The fourth-order valence-corrected chi connectivity index (χ4v) is 2.13. The second-order valence-electron chi connectivity index (χ2n) is 4.92. The van der Waals surface area contributed by atoms with Gasteiger partial charge in [0, 0.05) is 32.3 Å². The average molecular weight is 261 g/mol. The van der Waals surface area contributed by atoms with Crippen LogP contribution in [-0.4, -0.2) is 22.4 Å². The molecule has 1 aromatic heterocycles. The fraction of sp³-hybridized carbons (Fsp3) is 0.400. The van der Waals surface area contributed by atoms with Gasteiger partial charge in [0.25, 0.3) is 0 Å². The maximum atomic E-state index is 13.1. The quantitative estimate of drug-likeness (QED) is 0.865. The molecule has 0 amide bonds. The van der Waals surface area contributed by atoms with Gasteiger partial charge in [-0.2, -0.15) is 5.10 Å². The molecule has 1 unspecified atom stereocenters. The minimum absolute atomic E-state index is 0.168. The van der Waals surface area contributed by atoms with Crippen LogP contribution in [0.25, 0.3) is 0 Å². The SMILES string of the molecule is CC(Cc1cccc(F)c1)NCCc1ccn(C)n1. The molecule has 0 saturated heterocycles. The Bertz CT molecular complexity index is 522. The summed E-state index contributed by atoms with van der Waals surface area (Å²) in [5, 5.41) is 7.77. The van der Waals surface area contributed by atoms with E-state index in [9.17, 15) is 4.39 Å². The van der Waals surface area contributed by atoms with E-state index >= 15 is 0 Å². The highest BCUT2D eigenvalue weighted by Crippen LogP contribution is 2.06. The Hall–Kier alpha value is -1.68. The molecule has 2 rings (SSSR count). The lowest BCUT2D eigenvalue weighted by Crippen LogP contribution is -2.30. The zero-order valence-corrected chi connectivity index (χ0v) is 11.4. The molecule has 0 aliphatic rings. The largest absolute Gasteiger partial charge is 0.314 e. The molecule has 4 heteroatoms. The molecule has 1 heterocycles. The maximum absolute atomic E-state index is 13.1. The van der Waals surface area contributed by atoms with Gasteiger partial charge >= 0.3 is 0 Å². The Kier molecular flexibility index (Phi) is 4.68. The molecule has 0 spiro atoms. The molecule has 2 aromatic rings. The van der Waals surface area contributed by atoms with Crippen molar-refractivity contribution >= 4 is 0 Å². The molecular weight excluding hydrogens is 241 g/mol. The summed E-state index contributed by atoms with van der Waals surface area (Å²) in [5.74, 6) is -0.168. The Morgan fingerprint density at radius 1 is 1.37 bits per heavy atom. The van der Waals surface area contributed by atoms with Gasteiger partial charge < -0.3 is 5.32 Å². The summed E-state index contributed by atoms with van der Waals surface area (Å²) in [6, 6.07) is 9.13. The molecule has 0 aliphatic carbocycles. The van der Waals surface area contributed by atoms with Gasteiger partial charge in [0.15, 0.2) is 0 Å². The van der Waals surface area contributed by atoms with Gasteiger partial charge in [0.2, 0.25) is 0 Å². The van der Waals surface area contributed by atoms with Crippen molar-refractivity contribution in [3.63, 3.8) is 0 Å². The van der Waals surface area contributed by atoms with Crippen LogP contribution in [0, 0.1) is 5.82 Å². The van der Waals surface area contributed by atoms with Crippen molar-refractivity contribution in [1.82, 2.24) is 15.1 Å². The van der Waals surface area contributed by atoms with E-state index in [1.807, 2.05) is 30.1 Å². The smallest absolute Gasteiger partial charge is 0.123 e. The molecular formula is C15H20FN3. The Balaban J connectivity index is 1.74. The Labute approximate surface area is 113 Å². The van der Waals surface area contributed by atoms with Crippen LogP contribution in [0.2, 0.25) is 0 Å². The number of benzene rings is 1. The van der Waals surface area contributed by atoms with Crippen molar-refractivity contribution in [1.29, 1.82) is 0 Å². The van der Waals surface area contributed by atoms with Crippen molar-refractivity contribution in [2.45, 2.75) is 25.8 Å². The second-order valence-corrected chi connectivity index (χ2v) is 4.92. The van der Waals surface area contributed by atoms with Gasteiger partial charge in [-0.1, -0.05) is 12.1 Å². The second kappa shape index (κ2) is 6.48. The van der Waals surface area contributed by atoms with Crippen molar-refractivity contribution < 1.29 is 4.39 Å². The van der Waals surface area contributed by atoms with E-state index in [0.29, 0.717) is 6.04 Å². The van der Waals surface area contributed by atoms with E-state index in [0.717, 1.165) is 30.6 Å². The first kappa shape index (κ1) is 13.7. The first-order valence-electron chi connectivity index (χ1n) is 6.60. The minimum atomic E-state index is -0.168. The summed E-state index contributed by atoms with van der Waals surface area (Å²) < 4.78 is 14.9. The summed E-state index contributed by atoms with van der Waals surface area (Å²) in [5.41, 5.74) is 2.12. The lowest BCUT2D eigenvalue weighted by molar-refractivity contribution is 0.542. The summed E-state index contributed by atoms with van der Waals surface area (Å²) in [6.07, 6.45) is 3.69. The molecule has 0 radical (unpaired) electrons. The van der Waals surface area contributed by atoms with Crippen LogP contribution in [0.5, 0.6) is 0 Å². The van der Waals surface area contributed by atoms with Crippen molar-refractivity contribution in [2.75, 3.05) is 6.54 Å². The summed E-state index contributed by atoms with van der Waals surface area (Å²) in [6.45, 7) is 3.00. The van der Waals surface area contributed by atoms with Gasteiger partial charge in [0.1, 0.15) is 5.82 Å². The number of halogens is 1. The van der Waals surface area contributed by atoms with Crippen molar-refractivity contribution in [3.05, 3.63) is 53.6 Å². The normalized spacial score (nSPS) is 12.6. The molecule has 1 atom stereocenters. The number of rotatable bonds is 6.